The van der Waals surface area contributed by atoms with Gasteiger partial charge in [-0.25, -0.2) is 9.37 Å². The highest BCUT2D eigenvalue weighted by atomic mass is 19.1. The average Bonchev–Trinajstić information content (AvgIpc) is 2.85. The molecule has 0 fully saturated rings. The van der Waals surface area contributed by atoms with Gasteiger partial charge in [0.2, 0.25) is 5.88 Å². The Morgan fingerprint density at radius 1 is 1.33 bits per heavy atom. The van der Waals surface area contributed by atoms with Crippen LogP contribution in [0.15, 0.2) is 36.5 Å². The first-order valence-corrected chi connectivity index (χ1v) is 12.2. The Balaban J connectivity index is 1.93. The molecule has 192 valence electrons. The van der Waals surface area contributed by atoms with E-state index in [4.69, 9.17) is 4.74 Å². The van der Waals surface area contributed by atoms with E-state index in [1.54, 1.807) is 37.2 Å². The predicted octanol–water partition coefficient (Wildman–Crippen LogP) is 3.61. The Kier molecular flexibility index (Phi) is 9.05. The molecule has 1 aromatic heterocycles. The number of likely N-dealkylation sites (N-methyl/N-ethyl adjacent to an activating group) is 1. The topological polar surface area (TPSA) is 83.0 Å². The van der Waals surface area contributed by atoms with Crippen LogP contribution in [0.3, 0.4) is 0 Å². The Morgan fingerprint density at radius 2 is 2.08 bits per heavy atom. The second-order valence-corrected chi connectivity index (χ2v) is 9.80. The number of aromatic nitrogens is 1. The summed E-state index contributed by atoms with van der Waals surface area (Å²) < 4.78 is 19.9. The summed E-state index contributed by atoms with van der Waals surface area (Å²) in [6.07, 6.45) is 1.79. The van der Waals surface area contributed by atoms with Gasteiger partial charge in [-0.3, -0.25) is 9.59 Å². The minimum Gasteiger partial charge on any atom is -0.472 e. The predicted molar refractivity (Wildman–Crippen MR) is 135 cm³/mol. The molecule has 0 radical (unpaired) electrons. The van der Waals surface area contributed by atoms with Gasteiger partial charge in [0.15, 0.2) is 0 Å². The van der Waals surface area contributed by atoms with Gasteiger partial charge in [0.25, 0.3) is 11.8 Å². The first-order valence-electron chi connectivity index (χ1n) is 12.2. The Bertz CT molecular complexity index is 1160. The van der Waals surface area contributed by atoms with E-state index in [0.29, 0.717) is 18.0 Å². The third kappa shape index (κ3) is 6.61. The van der Waals surface area contributed by atoms with Crippen molar-refractivity contribution in [2.24, 2.45) is 11.8 Å². The van der Waals surface area contributed by atoms with Crippen molar-refractivity contribution >= 4 is 11.8 Å². The number of ether oxygens (including phenoxy) is 1. The summed E-state index contributed by atoms with van der Waals surface area (Å²) >= 11 is 0. The fourth-order valence-corrected chi connectivity index (χ4v) is 3.94. The first kappa shape index (κ1) is 27.2. The van der Waals surface area contributed by atoms with Crippen LogP contribution in [0.25, 0.3) is 0 Å². The van der Waals surface area contributed by atoms with Gasteiger partial charge in [0.05, 0.1) is 19.2 Å². The van der Waals surface area contributed by atoms with Gasteiger partial charge in [-0.2, -0.15) is 0 Å². The monoisotopic (exact) mass is 495 g/mol. The zero-order valence-electron chi connectivity index (χ0n) is 21.5. The maximum atomic E-state index is 13.6. The molecule has 0 unspecified atom stereocenters. The molecular formula is C28H34FN3O4. The molecule has 8 heteroatoms. The number of aliphatic hydroxyl groups excluding tert-OH is 1. The molecule has 2 amide bonds. The smallest absolute Gasteiger partial charge is 0.259 e. The van der Waals surface area contributed by atoms with Gasteiger partial charge in [0, 0.05) is 43.3 Å². The average molecular weight is 496 g/mol. The lowest BCUT2D eigenvalue weighted by molar-refractivity contribution is 0.0313. The quantitative estimate of drug-likeness (QED) is 0.619. The second kappa shape index (κ2) is 12.0. The number of benzene rings is 1. The van der Waals surface area contributed by atoms with E-state index in [9.17, 15) is 19.1 Å². The van der Waals surface area contributed by atoms with Crippen molar-refractivity contribution < 1.29 is 23.8 Å². The lowest BCUT2D eigenvalue weighted by Crippen LogP contribution is -2.50. The summed E-state index contributed by atoms with van der Waals surface area (Å²) in [7, 11) is 1.63. The number of amides is 2. The third-order valence-corrected chi connectivity index (χ3v) is 6.14. The van der Waals surface area contributed by atoms with E-state index < -0.39 is 18.0 Å². The molecule has 0 saturated heterocycles. The standard InChI is InChI=1S/C28H34FN3O4/c1-18(2)8-6-9-21-12-24-26(30-14-21)36-25(19(3)15-32(28(24)35)20(4)17-33)16-31(5)27(34)22-10-7-11-23(29)13-22/h7,10-14,18-20,25,33H,8,15-17H2,1-5H3/t19-,20-,25-/m1/s1. The van der Waals surface area contributed by atoms with Gasteiger partial charge in [0.1, 0.15) is 17.5 Å². The lowest BCUT2D eigenvalue weighted by Gasteiger charge is -2.37. The summed E-state index contributed by atoms with van der Waals surface area (Å²) in [4.78, 5) is 33.9. The van der Waals surface area contributed by atoms with E-state index in [2.05, 4.69) is 30.7 Å². The van der Waals surface area contributed by atoms with E-state index in [1.165, 1.54) is 23.1 Å². The SMILES string of the molecule is CC(C)CC#Cc1cnc2c(c1)C(=O)N([C@H](C)CO)C[C@@H](C)[C@@H](CN(C)C(=O)c1cccc(F)c1)O2. The van der Waals surface area contributed by atoms with Gasteiger partial charge in [-0.05, 0) is 37.1 Å². The van der Waals surface area contributed by atoms with Crippen LogP contribution >= 0.6 is 0 Å². The largest absolute Gasteiger partial charge is 0.472 e. The number of halogens is 1. The van der Waals surface area contributed by atoms with Crippen molar-refractivity contribution in [1.29, 1.82) is 0 Å². The fraction of sp³-hybridized carbons (Fsp3) is 0.464. The van der Waals surface area contributed by atoms with Crippen molar-refractivity contribution in [3.05, 3.63) is 59.0 Å². The number of aliphatic hydroxyl groups is 1. The van der Waals surface area contributed by atoms with Gasteiger partial charge >= 0.3 is 0 Å². The number of pyridine rings is 1. The maximum absolute atomic E-state index is 13.6. The second-order valence-electron chi connectivity index (χ2n) is 9.80. The molecule has 0 aliphatic carbocycles. The van der Waals surface area contributed by atoms with Crippen molar-refractivity contribution in [3.63, 3.8) is 0 Å². The number of rotatable bonds is 6. The zero-order chi connectivity index (χ0) is 26.4. The number of carbonyl (C=O) groups is 2. The van der Waals surface area contributed by atoms with Crippen LogP contribution < -0.4 is 4.74 Å². The summed E-state index contributed by atoms with van der Waals surface area (Å²) in [5.74, 6) is 5.44. The molecule has 7 nitrogen and oxygen atoms in total. The normalized spacial score (nSPS) is 18.3. The molecule has 1 N–H and O–H groups in total. The number of fused-ring (bicyclic) bond motifs is 1. The maximum Gasteiger partial charge on any atom is 0.259 e. The van der Waals surface area contributed by atoms with Crippen molar-refractivity contribution in [2.45, 2.75) is 46.3 Å². The lowest BCUT2D eigenvalue weighted by atomic mass is 9.99. The minimum absolute atomic E-state index is 0.160. The summed E-state index contributed by atoms with van der Waals surface area (Å²) in [6.45, 7) is 8.18. The van der Waals surface area contributed by atoms with Crippen molar-refractivity contribution in [3.8, 4) is 17.7 Å². The summed E-state index contributed by atoms with van der Waals surface area (Å²) in [6, 6.07) is 6.79. The molecule has 0 spiro atoms. The summed E-state index contributed by atoms with van der Waals surface area (Å²) in [5, 5.41) is 9.81. The van der Waals surface area contributed by atoms with E-state index in [-0.39, 0.29) is 47.9 Å². The van der Waals surface area contributed by atoms with Crippen LogP contribution in [0.2, 0.25) is 0 Å². The number of hydrogen-bond donors (Lipinski definition) is 1. The molecule has 3 rings (SSSR count). The molecule has 0 saturated carbocycles. The van der Waals surface area contributed by atoms with Gasteiger partial charge in [-0.1, -0.05) is 38.7 Å². The van der Waals surface area contributed by atoms with Crippen LogP contribution in [0.1, 0.15) is 60.4 Å². The molecular weight excluding hydrogens is 461 g/mol. The molecule has 1 aliphatic heterocycles. The van der Waals surface area contributed by atoms with Crippen LogP contribution in [-0.4, -0.2) is 70.6 Å². The van der Waals surface area contributed by atoms with E-state index in [1.807, 2.05) is 6.92 Å². The Labute approximate surface area is 212 Å². The minimum atomic E-state index is -0.502. The number of carbonyl (C=O) groups excluding carboxylic acids is 2. The van der Waals surface area contributed by atoms with E-state index in [0.717, 1.165) is 6.42 Å². The highest BCUT2D eigenvalue weighted by Crippen LogP contribution is 2.27. The molecule has 36 heavy (non-hydrogen) atoms. The highest BCUT2D eigenvalue weighted by Gasteiger charge is 2.34. The van der Waals surface area contributed by atoms with Crippen LogP contribution in [0.5, 0.6) is 5.88 Å². The molecule has 2 heterocycles. The Hall–Kier alpha value is -3.44. The summed E-state index contributed by atoms with van der Waals surface area (Å²) in [5.41, 5.74) is 1.11. The zero-order valence-corrected chi connectivity index (χ0v) is 21.5. The Morgan fingerprint density at radius 3 is 2.75 bits per heavy atom. The van der Waals surface area contributed by atoms with Gasteiger partial charge in [-0.15, -0.1) is 0 Å². The van der Waals surface area contributed by atoms with Crippen molar-refractivity contribution in [1.82, 2.24) is 14.8 Å². The molecule has 2 aromatic rings. The molecule has 1 aliphatic rings. The van der Waals surface area contributed by atoms with Crippen LogP contribution in [-0.2, 0) is 0 Å². The number of hydrogen-bond acceptors (Lipinski definition) is 5. The van der Waals surface area contributed by atoms with E-state index >= 15 is 0 Å². The van der Waals surface area contributed by atoms with Crippen LogP contribution in [0, 0.1) is 29.5 Å². The molecule has 0 bridgehead atoms. The molecule has 1 aromatic carbocycles. The first-order chi connectivity index (χ1) is 17.1. The van der Waals surface area contributed by atoms with Gasteiger partial charge < -0.3 is 19.6 Å². The fourth-order valence-electron chi connectivity index (χ4n) is 3.94. The van der Waals surface area contributed by atoms with Crippen LogP contribution in [0.4, 0.5) is 4.39 Å². The number of nitrogens with zero attached hydrogens (tertiary/aromatic N) is 3. The highest BCUT2D eigenvalue weighted by molar-refractivity contribution is 5.97. The third-order valence-electron chi connectivity index (χ3n) is 6.14. The molecule has 3 atom stereocenters. The van der Waals surface area contributed by atoms with Crippen molar-refractivity contribution in [2.75, 3.05) is 26.7 Å².